The van der Waals surface area contributed by atoms with Gasteiger partial charge in [0.25, 0.3) is 10.0 Å². The van der Waals surface area contributed by atoms with Gasteiger partial charge >= 0.3 is 0 Å². The van der Waals surface area contributed by atoms with Crippen LogP contribution in [0, 0.1) is 31.3 Å². The van der Waals surface area contributed by atoms with Gasteiger partial charge in [-0.05, 0) is 49.2 Å². The van der Waals surface area contributed by atoms with Gasteiger partial charge in [0.05, 0.1) is 16.1 Å². The number of anilines is 1. The van der Waals surface area contributed by atoms with Gasteiger partial charge in [-0.1, -0.05) is 18.2 Å². The molecule has 3 aromatic carbocycles. The fourth-order valence-electron chi connectivity index (χ4n) is 3.90. The zero-order valence-corrected chi connectivity index (χ0v) is 19.3. The molecule has 0 spiro atoms. The molecule has 178 valence electrons. The summed E-state index contributed by atoms with van der Waals surface area (Å²) in [6.45, 7) is 3.33. The van der Waals surface area contributed by atoms with Gasteiger partial charge in [0.1, 0.15) is 17.0 Å². The van der Waals surface area contributed by atoms with E-state index in [-0.39, 0.29) is 10.4 Å². The molecule has 5 aromatic rings. The maximum Gasteiger partial charge on any atom is 0.262 e. The van der Waals surface area contributed by atoms with Crippen LogP contribution in [0.5, 0.6) is 0 Å². The van der Waals surface area contributed by atoms with Crippen molar-refractivity contribution < 1.29 is 21.6 Å². The number of nitrogens with one attached hydrogen (secondary N) is 3. The second-order valence-corrected chi connectivity index (χ2v) is 9.67. The Morgan fingerprint density at radius 2 is 1.77 bits per heavy atom. The van der Waals surface area contributed by atoms with Crippen molar-refractivity contribution in [1.29, 1.82) is 0 Å². The van der Waals surface area contributed by atoms with E-state index in [0.717, 1.165) is 12.1 Å². The van der Waals surface area contributed by atoms with E-state index in [1.165, 1.54) is 24.4 Å². The first-order chi connectivity index (χ1) is 16.7. The summed E-state index contributed by atoms with van der Waals surface area (Å²) >= 11 is 0. The number of rotatable bonds is 5. The summed E-state index contributed by atoms with van der Waals surface area (Å²) in [5.74, 6) is -2.86. The summed E-state index contributed by atoms with van der Waals surface area (Å²) in [6.07, 6.45) is 3.10. The minimum Gasteiger partial charge on any atom is -0.343 e. The smallest absolute Gasteiger partial charge is 0.262 e. The van der Waals surface area contributed by atoms with Crippen LogP contribution in [0.2, 0.25) is 0 Å². The number of aryl methyl sites for hydroxylation is 2. The molecular formula is C24H18F3N5O2S. The predicted octanol–water partition coefficient (Wildman–Crippen LogP) is 5.45. The highest BCUT2D eigenvalue weighted by molar-refractivity contribution is 7.92. The fraction of sp³-hybridized carbons (Fsp3) is 0.0833. The molecule has 2 heterocycles. The van der Waals surface area contributed by atoms with Crippen molar-refractivity contribution in [2.45, 2.75) is 18.7 Å². The maximum absolute atomic E-state index is 15.5. The number of nitrogens with zero attached hydrogens (tertiary/aromatic N) is 2. The standard InChI is InChI=1S/C24H18F3N5O2S/c1-12-3-4-13(2)18(11-12)35(33,34)32-17-8-7-16(25)19(21(17)27)14-5-6-15-22(20(14)26)30-31-23(15)24-28-9-10-29-24/h3-11,32H,1-2H3,(H,28,29)(H,30,31). The summed E-state index contributed by atoms with van der Waals surface area (Å²) in [5, 5.41) is 6.97. The van der Waals surface area contributed by atoms with Gasteiger partial charge in [-0.2, -0.15) is 5.10 Å². The van der Waals surface area contributed by atoms with Gasteiger partial charge in [-0.3, -0.25) is 9.82 Å². The van der Waals surface area contributed by atoms with Gasteiger partial charge in [-0.15, -0.1) is 0 Å². The molecule has 0 saturated heterocycles. The Morgan fingerprint density at radius 3 is 2.51 bits per heavy atom. The monoisotopic (exact) mass is 497 g/mol. The average Bonchev–Trinajstić information content (AvgIpc) is 3.49. The molecule has 0 unspecified atom stereocenters. The van der Waals surface area contributed by atoms with E-state index in [0.29, 0.717) is 28.0 Å². The molecule has 11 heteroatoms. The van der Waals surface area contributed by atoms with Gasteiger partial charge < -0.3 is 4.98 Å². The zero-order valence-electron chi connectivity index (χ0n) is 18.4. The number of sulfonamides is 1. The molecule has 0 atom stereocenters. The number of benzene rings is 3. The minimum absolute atomic E-state index is 0.0441. The van der Waals surface area contributed by atoms with Crippen LogP contribution in [0.3, 0.4) is 0 Å². The van der Waals surface area contributed by atoms with E-state index in [9.17, 15) is 12.8 Å². The number of aromatic amines is 2. The number of fused-ring (bicyclic) bond motifs is 1. The molecule has 2 aromatic heterocycles. The van der Waals surface area contributed by atoms with E-state index in [2.05, 4.69) is 24.9 Å². The van der Waals surface area contributed by atoms with Crippen molar-refractivity contribution in [3.63, 3.8) is 0 Å². The van der Waals surface area contributed by atoms with Crippen LogP contribution in [0.15, 0.2) is 59.8 Å². The third kappa shape index (κ3) is 3.83. The first-order valence-corrected chi connectivity index (χ1v) is 11.9. The zero-order chi connectivity index (χ0) is 24.9. The molecule has 3 N–H and O–H groups in total. The van der Waals surface area contributed by atoms with E-state index in [1.54, 1.807) is 32.2 Å². The second kappa shape index (κ2) is 8.27. The Labute approximate surface area is 198 Å². The quantitative estimate of drug-likeness (QED) is 0.300. The highest BCUT2D eigenvalue weighted by Gasteiger charge is 2.25. The summed E-state index contributed by atoms with van der Waals surface area (Å²) in [4.78, 5) is 6.93. The van der Waals surface area contributed by atoms with E-state index in [4.69, 9.17) is 0 Å². The normalized spacial score (nSPS) is 11.8. The van der Waals surface area contributed by atoms with Crippen LogP contribution < -0.4 is 4.72 Å². The van der Waals surface area contributed by atoms with Crippen molar-refractivity contribution in [2.24, 2.45) is 0 Å². The van der Waals surface area contributed by atoms with Crippen molar-refractivity contribution in [3.8, 4) is 22.6 Å². The van der Waals surface area contributed by atoms with Crippen molar-refractivity contribution in [1.82, 2.24) is 20.2 Å². The van der Waals surface area contributed by atoms with E-state index < -0.39 is 44.3 Å². The SMILES string of the molecule is Cc1ccc(C)c(S(=O)(=O)Nc2ccc(F)c(-c3ccc4c(-c5ncc[nH]5)[nH]nc4c3F)c2F)c1. The van der Waals surface area contributed by atoms with Gasteiger partial charge in [0.15, 0.2) is 17.5 Å². The Morgan fingerprint density at radius 1 is 0.971 bits per heavy atom. The molecule has 0 aliphatic carbocycles. The molecule has 0 saturated carbocycles. The number of imidazole rings is 1. The van der Waals surface area contributed by atoms with Crippen LogP contribution in [-0.2, 0) is 10.0 Å². The lowest BCUT2D eigenvalue weighted by molar-refractivity contribution is 0.583. The molecule has 0 aliphatic heterocycles. The second-order valence-electron chi connectivity index (χ2n) is 8.02. The first-order valence-electron chi connectivity index (χ1n) is 10.4. The lowest BCUT2D eigenvalue weighted by Crippen LogP contribution is -2.16. The summed E-state index contributed by atoms with van der Waals surface area (Å²) in [7, 11) is -4.20. The largest absolute Gasteiger partial charge is 0.343 e. The van der Waals surface area contributed by atoms with Crippen LogP contribution in [0.25, 0.3) is 33.5 Å². The number of halogens is 3. The van der Waals surface area contributed by atoms with Crippen LogP contribution in [0.4, 0.5) is 18.9 Å². The number of hydrogen-bond donors (Lipinski definition) is 3. The number of hydrogen-bond acceptors (Lipinski definition) is 4. The van der Waals surface area contributed by atoms with Crippen molar-refractivity contribution in [2.75, 3.05) is 4.72 Å². The Balaban J connectivity index is 1.60. The number of aromatic nitrogens is 4. The predicted molar refractivity (Wildman–Crippen MR) is 126 cm³/mol. The van der Waals surface area contributed by atoms with E-state index >= 15 is 8.78 Å². The Hall–Kier alpha value is -4.12. The third-order valence-corrected chi connectivity index (χ3v) is 7.15. The summed E-state index contributed by atoms with van der Waals surface area (Å²) in [5.41, 5.74) is -0.223. The molecule has 35 heavy (non-hydrogen) atoms. The Bertz CT molecular complexity index is 1700. The maximum atomic E-state index is 15.5. The molecule has 0 aliphatic rings. The van der Waals surface area contributed by atoms with Crippen LogP contribution in [-0.4, -0.2) is 28.6 Å². The average molecular weight is 498 g/mol. The molecule has 0 bridgehead atoms. The van der Waals surface area contributed by atoms with Gasteiger partial charge in [-0.25, -0.2) is 26.6 Å². The summed E-state index contributed by atoms with van der Waals surface area (Å²) in [6, 6.07) is 9.32. The fourth-order valence-corrected chi connectivity index (χ4v) is 5.29. The highest BCUT2D eigenvalue weighted by Crippen LogP contribution is 2.37. The molecular weight excluding hydrogens is 479 g/mol. The molecule has 5 rings (SSSR count). The third-order valence-electron chi connectivity index (χ3n) is 5.64. The van der Waals surface area contributed by atoms with Gasteiger partial charge in [0.2, 0.25) is 0 Å². The molecule has 7 nitrogen and oxygen atoms in total. The van der Waals surface area contributed by atoms with E-state index in [1.807, 2.05) is 0 Å². The molecule has 0 radical (unpaired) electrons. The van der Waals surface area contributed by atoms with Crippen molar-refractivity contribution in [3.05, 3.63) is 83.4 Å². The topological polar surface area (TPSA) is 104 Å². The molecule has 0 fully saturated rings. The summed E-state index contributed by atoms with van der Waals surface area (Å²) < 4.78 is 73.7. The van der Waals surface area contributed by atoms with Gasteiger partial charge in [0, 0.05) is 23.3 Å². The first kappa shape index (κ1) is 22.7. The lowest BCUT2D eigenvalue weighted by Gasteiger charge is -2.14. The Kier molecular flexibility index (Phi) is 5.36. The minimum atomic E-state index is -4.20. The highest BCUT2D eigenvalue weighted by atomic mass is 32.2. The van der Waals surface area contributed by atoms with Crippen LogP contribution in [0.1, 0.15) is 11.1 Å². The van der Waals surface area contributed by atoms with Crippen LogP contribution >= 0.6 is 0 Å². The van der Waals surface area contributed by atoms with Crippen molar-refractivity contribution >= 4 is 26.6 Å². The lowest BCUT2D eigenvalue weighted by atomic mass is 10.0. The number of H-pyrrole nitrogens is 2. The molecule has 0 amide bonds.